The SMILES string of the molecule is Cc1ccc(-c2noc(CCNC(=O)CCC3=NNC(=O)CC3)n2)cc1. The van der Waals surface area contributed by atoms with E-state index in [-0.39, 0.29) is 11.8 Å². The minimum absolute atomic E-state index is 0.0668. The molecule has 136 valence electrons. The lowest BCUT2D eigenvalue weighted by Gasteiger charge is -2.11. The molecule has 2 aromatic rings. The maximum atomic E-state index is 11.9. The van der Waals surface area contributed by atoms with Crippen LogP contribution in [0.2, 0.25) is 0 Å². The van der Waals surface area contributed by atoms with E-state index in [0.717, 1.165) is 11.3 Å². The second-order valence-corrected chi connectivity index (χ2v) is 6.19. The molecule has 8 heteroatoms. The number of amides is 2. The molecule has 0 bridgehead atoms. The van der Waals surface area contributed by atoms with Gasteiger partial charge in [-0.05, 0) is 19.8 Å². The molecule has 1 aliphatic rings. The number of hydrazone groups is 1. The third-order valence-electron chi connectivity index (χ3n) is 4.06. The minimum Gasteiger partial charge on any atom is -0.356 e. The van der Waals surface area contributed by atoms with E-state index in [1.165, 1.54) is 5.56 Å². The summed E-state index contributed by atoms with van der Waals surface area (Å²) in [5.41, 5.74) is 5.34. The molecule has 8 nitrogen and oxygen atoms in total. The first kappa shape index (κ1) is 17.8. The smallest absolute Gasteiger partial charge is 0.240 e. The van der Waals surface area contributed by atoms with E-state index in [1.54, 1.807) is 0 Å². The predicted molar refractivity (Wildman–Crippen MR) is 95.2 cm³/mol. The highest BCUT2D eigenvalue weighted by molar-refractivity contribution is 5.94. The monoisotopic (exact) mass is 355 g/mol. The van der Waals surface area contributed by atoms with Crippen molar-refractivity contribution < 1.29 is 14.1 Å². The molecule has 1 aliphatic heterocycles. The van der Waals surface area contributed by atoms with Crippen molar-refractivity contribution in [2.45, 2.75) is 39.0 Å². The molecule has 0 radical (unpaired) electrons. The summed E-state index contributed by atoms with van der Waals surface area (Å²) >= 11 is 0. The third kappa shape index (κ3) is 4.98. The van der Waals surface area contributed by atoms with Crippen molar-refractivity contribution in [3.63, 3.8) is 0 Å². The number of carbonyl (C=O) groups is 2. The van der Waals surface area contributed by atoms with Crippen LogP contribution in [0.3, 0.4) is 0 Å². The quantitative estimate of drug-likeness (QED) is 0.786. The summed E-state index contributed by atoms with van der Waals surface area (Å²) < 4.78 is 5.22. The first-order valence-corrected chi connectivity index (χ1v) is 8.61. The van der Waals surface area contributed by atoms with E-state index in [2.05, 4.69) is 26.0 Å². The molecule has 26 heavy (non-hydrogen) atoms. The normalized spacial score (nSPS) is 13.9. The van der Waals surface area contributed by atoms with Gasteiger partial charge in [0.2, 0.25) is 23.5 Å². The fourth-order valence-electron chi connectivity index (χ4n) is 2.52. The van der Waals surface area contributed by atoms with E-state index in [1.807, 2.05) is 31.2 Å². The van der Waals surface area contributed by atoms with Crippen LogP contribution in [-0.2, 0) is 16.0 Å². The maximum absolute atomic E-state index is 11.9. The summed E-state index contributed by atoms with van der Waals surface area (Å²) in [5.74, 6) is 0.884. The number of nitrogens with one attached hydrogen (secondary N) is 2. The molecular formula is C18H21N5O3. The Morgan fingerprint density at radius 3 is 2.77 bits per heavy atom. The number of hydrogen-bond acceptors (Lipinski definition) is 6. The summed E-state index contributed by atoms with van der Waals surface area (Å²) in [6.45, 7) is 2.45. The van der Waals surface area contributed by atoms with Gasteiger partial charge < -0.3 is 9.84 Å². The van der Waals surface area contributed by atoms with Crippen LogP contribution >= 0.6 is 0 Å². The van der Waals surface area contributed by atoms with Gasteiger partial charge in [0.1, 0.15) is 0 Å². The average molecular weight is 355 g/mol. The molecule has 0 atom stereocenters. The highest BCUT2D eigenvalue weighted by Crippen LogP contribution is 2.16. The molecule has 2 N–H and O–H groups in total. The summed E-state index contributed by atoms with van der Waals surface area (Å²) in [6, 6.07) is 7.88. The van der Waals surface area contributed by atoms with Crippen LogP contribution in [0.4, 0.5) is 0 Å². The molecule has 2 amide bonds. The number of benzene rings is 1. The zero-order valence-corrected chi connectivity index (χ0v) is 14.6. The van der Waals surface area contributed by atoms with Gasteiger partial charge in [-0.2, -0.15) is 10.1 Å². The second kappa shape index (κ2) is 8.37. The predicted octanol–water partition coefficient (Wildman–Crippen LogP) is 1.75. The van der Waals surface area contributed by atoms with Crippen molar-refractivity contribution in [3.8, 4) is 11.4 Å². The van der Waals surface area contributed by atoms with Gasteiger partial charge in [-0.25, -0.2) is 5.43 Å². The lowest BCUT2D eigenvalue weighted by atomic mass is 10.1. The number of rotatable bonds is 7. The van der Waals surface area contributed by atoms with E-state index < -0.39 is 0 Å². The van der Waals surface area contributed by atoms with Gasteiger partial charge in [-0.15, -0.1) is 0 Å². The Hall–Kier alpha value is -3.03. The standard InChI is InChI=1S/C18H21N5O3/c1-12-2-4-13(5-3-12)18-20-17(26-23-18)10-11-19-15(24)8-6-14-7-9-16(25)22-21-14/h2-5H,6-11H2,1H3,(H,19,24)(H,22,25). The Morgan fingerprint density at radius 1 is 1.23 bits per heavy atom. The van der Waals surface area contributed by atoms with Crippen molar-refractivity contribution in [1.29, 1.82) is 0 Å². The second-order valence-electron chi connectivity index (χ2n) is 6.19. The van der Waals surface area contributed by atoms with Crippen molar-refractivity contribution >= 4 is 17.5 Å². The van der Waals surface area contributed by atoms with Crippen molar-refractivity contribution in [2.24, 2.45) is 5.10 Å². The van der Waals surface area contributed by atoms with Crippen molar-refractivity contribution in [1.82, 2.24) is 20.9 Å². The van der Waals surface area contributed by atoms with Crippen LogP contribution in [0, 0.1) is 6.92 Å². The molecule has 1 aromatic heterocycles. The Labute approximate surface area is 151 Å². The highest BCUT2D eigenvalue weighted by Gasteiger charge is 2.13. The fourth-order valence-corrected chi connectivity index (χ4v) is 2.52. The molecule has 0 saturated carbocycles. The van der Waals surface area contributed by atoms with Gasteiger partial charge in [0.15, 0.2) is 0 Å². The minimum atomic E-state index is -0.0808. The highest BCUT2D eigenvalue weighted by atomic mass is 16.5. The number of nitrogens with zero attached hydrogens (tertiary/aromatic N) is 3. The van der Waals surface area contributed by atoms with Crippen LogP contribution in [0.5, 0.6) is 0 Å². The third-order valence-corrected chi connectivity index (χ3v) is 4.06. The molecular weight excluding hydrogens is 334 g/mol. The Bertz CT molecular complexity index is 810. The molecule has 0 spiro atoms. The van der Waals surface area contributed by atoms with E-state index in [0.29, 0.717) is 50.4 Å². The maximum Gasteiger partial charge on any atom is 0.240 e. The number of aromatic nitrogens is 2. The molecule has 0 aliphatic carbocycles. The number of hydrogen-bond donors (Lipinski definition) is 2. The zero-order chi connectivity index (χ0) is 18.4. The van der Waals surface area contributed by atoms with E-state index in [9.17, 15) is 9.59 Å². The topological polar surface area (TPSA) is 109 Å². The average Bonchev–Trinajstić information content (AvgIpc) is 3.11. The molecule has 3 rings (SSSR count). The molecule has 0 unspecified atom stereocenters. The first-order valence-electron chi connectivity index (χ1n) is 8.61. The summed E-state index contributed by atoms with van der Waals surface area (Å²) in [5, 5.41) is 10.7. The van der Waals surface area contributed by atoms with Crippen molar-refractivity contribution in [2.75, 3.05) is 6.54 Å². The van der Waals surface area contributed by atoms with Crippen molar-refractivity contribution in [3.05, 3.63) is 35.7 Å². The first-order chi connectivity index (χ1) is 12.6. The molecule has 1 aromatic carbocycles. The van der Waals surface area contributed by atoms with Crippen LogP contribution < -0.4 is 10.7 Å². The van der Waals surface area contributed by atoms with Gasteiger partial charge in [0.25, 0.3) is 0 Å². The van der Waals surface area contributed by atoms with E-state index >= 15 is 0 Å². The van der Waals surface area contributed by atoms with Gasteiger partial charge in [0, 0.05) is 37.1 Å². The van der Waals surface area contributed by atoms with Crippen LogP contribution in [0.25, 0.3) is 11.4 Å². The largest absolute Gasteiger partial charge is 0.356 e. The summed E-state index contributed by atoms with van der Waals surface area (Å²) in [6.07, 6.45) is 2.41. The van der Waals surface area contributed by atoms with E-state index in [4.69, 9.17) is 4.52 Å². The molecule has 0 fully saturated rings. The molecule has 0 saturated heterocycles. The lowest BCUT2D eigenvalue weighted by molar-refractivity contribution is -0.121. The number of aryl methyl sites for hydroxylation is 1. The Balaban J connectivity index is 1.40. The van der Waals surface area contributed by atoms with Gasteiger partial charge in [-0.1, -0.05) is 35.0 Å². The number of carbonyl (C=O) groups excluding carboxylic acids is 2. The fraction of sp³-hybridized carbons (Fsp3) is 0.389. The van der Waals surface area contributed by atoms with Gasteiger partial charge in [-0.3, -0.25) is 9.59 Å². The Kier molecular flexibility index (Phi) is 5.73. The van der Waals surface area contributed by atoms with Crippen LogP contribution in [-0.4, -0.2) is 34.2 Å². The van der Waals surface area contributed by atoms with Gasteiger partial charge >= 0.3 is 0 Å². The summed E-state index contributed by atoms with van der Waals surface area (Å²) in [4.78, 5) is 27.2. The zero-order valence-electron chi connectivity index (χ0n) is 14.6. The summed E-state index contributed by atoms with van der Waals surface area (Å²) in [7, 11) is 0. The lowest BCUT2D eigenvalue weighted by Crippen LogP contribution is -2.28. The Morgan fingerprint density at radius 2 is 2.04 bits per heavy atom. The van der Waals surface area contributed by atoms with Gasteiger partial charge in [0.05, 0.1) is 0 Å². The molecule has 2 heterocycles. The van der Waals surface area contributed by atoms with Crippen LogP contribution in [0.1, 0.15) is 37.1 Å². The van der Waals surface area contributed by atoms with Crippen LogP contribution in [0.15, 0.2) is 33.9 Å².